The van der Waals surface area contributed by atoms with Crippen molar-refractivity contribution in [1.82, 2.24) is 5.32 Å². The van der Waals surface area contributed by atoms with Crippen LogP contribution < -0.4 is 14.8 Å². The van der Waals surface area contributed by atoms with Crippen LogP contribution in [0.5, 0.6) is 11.5 Å². The fourth-order valence-corrected chi connectivity index (χ4v) is 2.06. The smallest absolute Gasteiger partial charge is 0.287 e. The molecule has 5 heteroatoms. The molecule has 1 aromatic carbocycles. The quantitative estimate of drug-likeness (QED) is 0.931. The molecule has 5 nitrogen and oxygen atoms in total. The van der Waals surface area contributed by atoms with E-state index in [4.69, 9.17) is 13.9 Å². The topological polar surface area (TPSA) is 60.7 Å². The van der Waals surface area contributed by atoms with Crippen molar-refractivity contribution in [1.29, 1.82) is 0 Å². The highest BCUT2D eigenvalue weighted by Crippen LogP contribution is 2.31. The molecule has 0 unspecified atom stereocenters. The van der Waals surface area contributed by atoms with Crippen LogP contribution in [0.3, 0.4) is 0 Å². The second-order valence-electron chi connectivity index (χ2n) is 4.65. The Morgan fingerprint density at radius 2 is 2.05 bits per heavy atom. The van der Waals surface area contributed by atoms with Gasteiger partial charge in [0.1, 0.15) is 6.61 Å². The summed E-state index contributed by atoms with van der Waals surface area (Å²) in [5.74, 6) is 1.45. The molecule has 2 heterocycles. The Balaban J connectivity index is 1.64. The third-order valence-electron chi connectivity index (χ3n) is 3.19. The number of amides is 1. The second-order valence-corrected chi connectivity index (χ2v) is 4.65. The number of hydrogen-bond donors (Lipinski definition) is 1. The van der Waals surface area contributed by atoms with Gasteiger partial charge in [0.15, 0.2) is 23.4 Å². The van der Waals surface area contributed by atoms with E-state index >= 15 is 0 Å². The molecule has 0 saturated heterocycles. The minimum Gasteiger partial charge on any atom is -0.486 e. The normalized spacial score (nSPS) is 18.4. The lowest BCUT2D eigenvalue weighted by atomic mass is 10.1. The van der Waals surface area contributed by atoms with E-state index in [1.807, 2.05) is 31.2 Å². The highest BCUT2D eigenvalue weighted by atomic mass is 16.6. The SMILES string of the molecule is C[C@@H](NC(=O)c1ccco1)[C@@H]1COc2ccccc2O1. The number of benzene rings is 1. The summed E-state index contributed by atoms with van der Waals surface area (Å²) in [4.78, 5) is 11.9. The van der Waals surface area contributed by atoms with Crippen LogP contribution in [0.15, 0.2) is 47.1 Å². The Bertz CT molecular complexity index is 594. The Labute approximate surface area is 116 Å². The summed E-state index contributed by atoms with van der Waals surface area (Å²) in [6.07, 6.45) is 1.24. The zero-order chi connectivity index (χ0) is 13.9. The predicted molar refractivity (Wildman–Crippen MR) is 72.0 cm³/mol. The number of hydrogen-bond acceptors (Lipinski definition) is 4. The Hall–Kier alpha value is -2.43. The first kappa shape index (κ1) is 12.6. The molecule has 0 bridgehead atoms. The van der Waals surface area contributed by atoms with Crippen LogP contribution in [0.25, 0.3) is 0 Å². The molecule has 1 aliphatic heterocycles. The van der Waals surface area contributed by atoms with Crippen LogP contribution in [0.4, 0.5) is 0 Å². The highest BCUT2D eigenvalue weighted by molar-refractivity contribution is 5.91. The average Bonchev–Trinajstić information content (AvgIpc) is 3.01. The number of para-hydroxylation sites is 2. The van der Waals surface area contributed by atoms with Gasteiger partial charge in [-0.05, 0) is 31.2 Å². The lowest BCUT2D eigenvalue weighted by Gasteiger charge is -2.30. The molecule has 1 amide bonds. The van der Waals surface area contributed by atoms with E-state index in [-0.39, 0.29) is 23.8 Å². The number of carbonyl (C=O) groups excluding carboxylic acids is 1. The molecular weight excluding hydrogens is 258 g/mol. The molecule has 0 aliphatic carbocycles. The number of ether oxygens (including phenoxy) is 2. The molecule has 3 rings (SSSR count). The number of carbonyl (C=O) groups is 1. The maximum absolute atomic E-state index is 11.9. The zero-order valence-electron chi connectivity index (χ0n) is 11.0. The van der Waals surface area contributed by atoms with Gasteiger partial charge in [0.05, 0.1) is 12.3 Å². The summed E-state index contributed by atoms with van der Waals surface area (Å²) in [5, 5.41) is 2.85. The van der Waals surface area contributed by atoms with Crippen LogP contribution >= 0.6 is 0 Å². The Morgan fingerprint density at radius 1 is 1.25 bits per heavy atom. The molecule has 2 aromatic rings. The lowest BCUT2D eigenvalue weighted by Crippen LogP contribution is -2.48. The molecule has 2 atom stereocenters. The number of rotatable bonds is 3. The fourth-order valence-electron chi connectivity index (χ4n) is 2.06. The van der Waals surface area contributed by atoms with E-state index < -0.39 is 0 Å². The third kappa shape index (κ3) is 2.47. The van der Waals surface area contributed by atoms with Crippen molar-refractivity contribution in [2.24, 2.45) is 0 Å². The molecular formula is C15H15NO4. The molecule has 0 saturated carbocycles. The van der Waals surface area contributed by atoms with Crippen molar-refractivity contribution in [3.63, 3.8) is 0 Å². The van der Waals surface area contributed by atoms with E-state index in [0.717, 1.165) is 5.75 Å². The van der Waals surface area contributed by atoms with Gasteiger partial charge in [0.25, 0.3) is 5.91 Å². The van der Waals surface area contributed by atoms with Crippen LogP contribution in [0.1, 0.15) is 17.5 Å². The van der Waals surface area contributed by atoms with E-state index in [9.17, 15) is 4.79 Å². The van der Waals surface area contributed by atoms with Crippen LogP contribution in [-0.2, 0) is 0 Å². The van der Waals surface area contributed by atoms with Crippen molar-refractivity contribution in [2.75, 3.05) is 6.61 Å². The van der Waals surface area contributed by atoms with Crippen LogP contribution in [0, 0.1) is 0 Å². The molecule has 1 aliphatic rings. The third-order valence-corrected chi connectivity index (χ3v) is 3.19. The minimum atomic E-state index is -0.259. The molecule has 0 spiro atoms. The van der Waals surface area contributed by atoms with Gasteiger partial charge in [-0.1, -0.05) is 12.1 Å². The summed E-state index contributed by atoms with van der Waals surface area (Å²) in [6.45, 7) is 2.28. The van der Waals surface area contributed by atoms with Crippen molar-refractivity contribution in [3.05, 3.63) is 48.4 Å². The Morgan fingerprint density at radius 3 is 2.80 bits per heavy atom. The van der Waals surface area contributed by atoms with Gasteiger partial charge in [0.2, 0.25) is 0 Å². The summed E-state index contributed by atoms with van der Waals surface area (Å²) >= 11 is 0. The first-order valence-corrected chi connectivity index (χ1v) is 6.47. The molecule has 20 heavy (non-hydrogen) atoms. The monoisotopic (exact) mass is 273 g/mol. The maximum atomic E-state index is 11.9. The average molecular weight is 273 g/mol. The molecule has 1 N–H and O–H groups in total. The summed E-state index contributed by atoms with van der Waals surface area (Å²) in [7, 11) is 0. The van der Waals surface area contributed by atoms with Crippen LogP contribution in [0.2, 0.25) is 0 Å². The van der Waals surface area contributed by atoms with Crippen molar-refractivity contribution >= 4 is 5.91 Å². The number of fused-ring (bicyclic) bond motifs is 1. The van der Waals surface area contributed by atoms with Gasteiger partial charge in [-0.25, -0.2) is 0 Å². The standard InChI is InChI=1S/C15H15NO4/c1-10(16-15(17)13-7-4-8-18-13)14-9-19-11-5-2-3-6-12(11)20-14/h2-8,10,14H,9H2,1H3,(H,16,17)/t10-,14+/m1/s1. The summed E-state index contributed by atoms with van der Waals surface area (Å²) in [6, 6.07) is 10.6. The number of furan rings is 1. The van der Waals surface area contributed by atoms with E-state index in [1.165, 1.54) is 6.26 Å². The first-order valence-electron chi connectivity index (χ1n) is 6.47. The van der Waals surface area contributed by atoms with Crippen molar-refractivity contribution < 1.29 is 18.7 Å². The molecule has 1 aromatic heterocycles. The fraction of sp³-hybridized carbons (Fsp3) is 0.267. The van der Waals surface area contributed by atoms with E-state index in [0.29, 0.717) is 12.4 Å². The van der Waals surface area contributed by atoms with E-state index in [1.54, 1.807) is 12.1 Å². The highest BCUT2D eigenvalue weighted by Gasteiger charge is 2.27. The van der Waals surface area contributed by atoms with Gasteiger partial charge in [-0.2, -0.15) is 0 Å². The molecule has 0 radical (unpaired) electrons. The molecule has 0 fully saturated rings. The summed E-state index contributed by atoms with van der Waals surface area (Å²) in [5.41, 5.74) is 0. The van der Waals surface area contributed by atoms with Gasteiger partial charge in [-0.15, -0.1) is 0 Å². The largest absolute Gasteiger partial charge is 0.486 e. The van der Waals surface area contributed by atoms with Crippen LogP contribution in [-0.4, -0.2) is 24.7 Å². The first-order chi connectivity index (χ1) is 9.74. The Kier molecular flexibility index (Phi) is 3.33. The molecule has 104 valence electrons. The predicted octanol–water partition coefficient (Wildman–Crippen LogP) is 2.24. The van der Waals surface area contributed by atoms with Gasteiger partial charge in [-0.3, -0.25) is 4.79 Å². The second kappa shape index (κ2) is 5.28. The van der Waals surface area contributed by atoms with Gasteiger partial charge >= 0.3 is 0 Å². The van der Waals surface area contributed by atoms with Crippen molar-refractivity contribution in [3.8, 4) is 11.5 Å². The minimum absolute atomic E-state index is 0.194. The summed E-state index contributed by atoms with van der Waals surface area (Å²) < 4.78 is 16.5. The van der Waals surface area contributed by atoms with E-state index in [2.05, 4.69) is 5.32 Å². The van der Waals surface area contributed by atoms with Crippen molar-refractivity contribution in [2.45, 2.75) is 19.1 Å². The van der Waals surface area contributed by atoms with Gasteiger partial charge < -0.3 is 19.2 Å². The lowest BCUT2D eigenvalue weighted by molar-refractivity contribution is 0.0596. The maximum Gasteiger partial charge on any atom is 0.287 e. The van der Waals surface area contributed by atoms with Gasteiger partial charge in [0, 0.05) is 0 Å². The zero-order valence-corrected chi connectivity index (χ0v) is 11.0. The number of nitrogens with one attached hydrogen (secondary N) is 1.